The van der Waals surface area contributed by atoms with Crippen LogP contribution in [0, 0.1) is 13.8 Å². The fourth-order valence-electron chi connectivity index (χ4n) is 4.85. The van der Waals surface area contributed by atoms with Crippen molar-refractivity contribution in [1.82, 2.24) is 4.98 Å². The van der Waals surface area contributed by atoms with Crippen LogP contribution in [0.15, 0.2) is 60.2 Å². The van der Waals surface area contributed by atoms with E-state index in [1.54, 1.807) is 30.3 Å². The van der Waals surface area contributed by atoms with Gasteiger partial charge in [-0.3, -0.25) is 14.5 Å². The number of hydrogen-bond acceptors (Lipinski definition) is 8. The Hall–Kier alpha value is -4.37. The number of aromatic nitrogens is 1. The molecule has 8 nitrogen and oxygen atoms in total. The molecule has 1 aromatic heterocycles. The van der Waals surface area contributed by atoms with Crippen molar-refractivity contribution >= 4 is 44.1 Å². The van der Waals surface area contributed by atoms with Gasteiger partial charge in [-0.1, -0.05) is 29.5 Å². The van der Waals surface area contributed by atoms with Crippen molar-refractivity contribution < 1.29 is 29.3 Å². The summed E-state index contributed by atoms with van der Waals surface area (Å²) in [6.07, 6.45) is 0. The van der Waals surface area contributed by atoms with Crippen molar-refractivity contribution in [2.45, 2.75) is 19.9 Å². The minimum Gasteiger partial charge on any atom is -0.508 e. The Morgan fingerprint density at radius 2 is 1.81 bits per heavy atom. The smallest absolute Gasteiger partial charge is 0.301 e. The number of hydrogen-bond donors (Lipinski definition) is 2. The normalized spacial score (nSPS) is 18.5. The third-order valence-electron chi connectivity index (χ3n) is 6.47. The van der Waals surface area contributed by atoms with Crippen LogP contribution in [0.2, 0.25) is 0 Å². The number of thiazole rings is 1. The molecule has 0 saturated carbocycles. The highest BCUT2D eigenvalue weighted by Crippen LogP contribution is 2.45. The summed E-state index contributed by atoms with van der Waals surface area (Å²) < 4.78 is 12.1. The Balaban J connectivity index is 1.55. The molecule has 0 aliphatic carbocycles. The van der Waals surface area contributed by atoms with Crippen molar-refractivity contribution in [2.75, 3.05) is 18.1 Å². The van der Waals surface area contributed by atoms with Crippen LogP contribution < -0.4 is 14.4 Å². The molecule has 1 fully saturated rings. The quantitative estimate of drug-likeness (QED) is 0.225. The van der Waals surface area contributed by atoms with Crippen LogP contribution >= 0.6 is 11.3 Å². The first-order valence-corrected chi connectivity index (χ1v) is 12.5. The minimum absolute atomic E-state index is 0.0295. The fraction of sp³-hybridized carbons (Fsp3) is 0.179. The zero-order chi connectivity index (χ0) is 25.8. The number of rotatable bonds is 3. The van der Waals surface area contributed by atoms with Gasteiger partial charge in [0.25, 0.3) is 5.78 Å². The summed E-state index contributed by atoms with van der Waals surface area (Å²) in [6, 6.07) is 14.1. The number of aliphatic hydroxyl groups excluding tert-OH is 1. The predicted octanol–water partition coefficient (Wildman–Crippen LogP) is 5.02. The molecule has 0 bridgehead atoms. The summed E-state index contributed by atoms with van der Waals surface area (Å²) in [5.74, 6) is -1.05. The first-order chi connectivity index (χ1) is 17.8. The number of aromatic hydroxyl groups is 1. The first-order valence-electron chi connectivity index (χ1n) is 11.7. The second-order valence-electron chi connectivity index (χ2n) is 9.05. The van der Waals surface area contributed by atoms with Gasteiger partial charge in [0.05, 0.1) is 21.8 Å². The number of aliphatic hydroxyl groups is 1. The second kappa shape index (κ2) is 8.63. The largest absolute Gasteiger partial charge is 0.508 e. The zero-order valence-corrected chi connectivity index (χ0v) is 20.8. The Morgan fingerprint density at radius 3 is 2.59 bits per heavy atom. The van der Waals surface area contributed by atoms with Gasteiger partial charge >= 0.3 is 5.91 Å². The molecule has 1 unspecified atom stereocenters. The highest BCUT2D eigenvalue weighted by molar-refractivity contribution is 7.22. The first kappa shape index (κ1) is 23.1. The van der Waals surface area contributed by atoms with Crippen LogP contribution in [0.3, 0.4) is 0 Å². The third-order valence-corrected chi connectivity index (χ3v) is 7.47. The molecule has 3 heterocycles. The number of phenols is 1. The van der Waals surface area contributed by atoms with E-state index in [1.807, 2.05) is 26.0 Å². The Morgan fingerprint density at radius 1 is 1.03 bits per heavy atom. The SMILES string of the molecule is Cc1cc(C)c2nc(N3C(=O)C(=O)C(=C(O)c4ccc5c(c4)OCCO5)C3c3cccc(O)c3)sc2c1. The van der Waals surface area contributed by atoms with E-state index in [9.17, 15) is 19.8 Å². The van der Waals surface area contributed by atoms with Crippen LogP contribution in [0.1, 0.15) is 28.3 Å². The van der Waals surface area contributed by atoms with E-state index in [4.69, 9.17) is 14.5 Å². The summed E-state index contributed by atoms with van der Waals surface area (Å²) in [6.45, 7) is 4.71. The molecule has 1 saturated heterocycles. The van der Waals surface area contributed by atoms with Gasteiger partial charge in [-0.05, 0) is 66.9 Å². The maximum absolute atomic E-state index is 13.5. The van der Waals surface area contributed by atoms with Gasteiger partial charge < -0.3 is 19.7 Å². The number of aryl methyl sites for hydroxylation is 2. The van der Waals surface area contributed by atoms with Crippen LogP contribution in [0.25, 0.3) is 16.0 Å². The Bertz CT molecular complexity index is 1640. The van der Waals surface area contributed by atoms with E-state index in [0.717, 1.165) is 21.3 Å². The lowest BCUT2D eigenvalue weighted by Crippen LogP contribution is -2.29. The van der Waals surface area contributed by atoms with Gasteiger partial charge in [0.1, 0.15) is 24.7 Å². The molecule has 1 atom stereocenters. The number of anilines is 1. The molecule has 2 aliphatic heterocycles. The van der Waals surface area contributed by atoms with Crippen molar-refractivity contribution in [3.8, 4) is 17.2 Å². The Kier molecular flexibility index (Phi) is 5.38. The molecular weight excluding hydrogens is 492 g/mol. The lowest BCUT2D eigenvalue weighted by atomic mass is 9.95. The number of nitrogens with zero attached hydrogens (tertiary/aromatic N) is 2. The average molecular weight is 515 g/mol. The maximum Gasteiger partial charge on any atom is 0.301 e. The van der Waals surface area contributed by atoms with Crippen molar-refractivity contribution in [1.29, 1.82) is 0 Å². The molecule has 0 radical (unpaired) electrons. The number of phenolic OH excluding ortho intramolecular Hbond substituents is 1. The zero-order valence-electron chi connectivity index (χ0n) is 20.0. The van der Waals surface area contributed by atoms with Crippen LogP contribution in [0.5, 0.6) is 17.2 Å². The molecule has 9 heteroatoms. The molecule has 3 aromatic carbocycles. The van der Waals surface area contributed by atoms with Crippen molar-refractivity contribution in [2.24, 2.45) is 0 Å². The van der Waals surface area contributed by atoms with Gasteiger partial charge in [0.2, 0.25) is 0 Å². The molecule has 2 aliphatic rings. The van der Waals surface area contributed by atoms with Gasteiger partial charge in [-0.25, -0.2) is 4.98 Å². The van der Waals surface area contributed by atoms with Gasteiger partial charge in [0.15, 0.2) is 16.6 Å². The van der Waals surface area contributed by atoms with Crippen molar-refractivity contribution in [3.63, 3.8) is 0 Å². The lowest BCUT2D eigenvalue weighted by Gasteiger charge is -2.23. The summed E-state index contributed by atoms with van der Waals surface area (Å²) >= 11 is 1.30. The Labute approximate surface area is 216 Å². The average Bonchev–Trinajstić information content (AvgIpc) is 3.42. The lowest BCUT2D eigenvalue weighted by molar-refractivity contribution is -0.132. The standard InChI is InChI=1S/C28H22N2O6S/c1-14-10-15(2)23-21(11-14)37-28(29-23)30-24(16-4-3-5-18(31)12-16)22(26(33)27(30)34)25(32)17-6-7-19-20(13-17)36-9-8-35-19/h3-7,10-13,24,31-32H,8-9H2,1-2H3. The number of Topliss-reactive ketones (excluding diaryl/α,β-unsaturated/α-hetero) is 1. The summed E-state index contributed by atoms with van der Waals surface area (Å²) in [7, 11) is 0. The molecule has 0 spiro atoms. The van der Waals surface area contributed by atoms with E-state index in [2.05, 4.69) is 0 Å². The van der Waals surface area contributed by atoms with Gasteiger partial charge in [-0.2, -0.15) is 0 Å². The minimum atomic E-state index is -0.998. The number of ketones is 1. The van der Waals surface area contributed by atoms with Gasteiger partial charge in [-0.15, -0.1) is 0 Å². The van der Waals surface area contributed by atoms with Crippen LogP contribution in [0.4, 0.5) is 5.13 Å². The second-order valence-corrected chi connectivity index (χ2v) is 10.1. The van der Waals surface area contributed by atoms with Crippen LogP contribution in [-0.2, 0) is 9.59 Å². The number of fused-ring (bicyclic) bond motifs is 2. The monoisotopic (exact) mass is 514 g/mol. The van der Waals surface area contributed by atoms with Crippen molar-refractivity contribution in [3.05, 3.63) is 82.4 Å². The fourth-order valence-corrected chi connectivity index (χ4v) is 6.02. The van der Waals surface area contributed by atoms with Gasteiger partial charge in [0, 0.05) is 5.56 Å². The molecule has 4 aromatic rings. The molecule has 1 amide bonds. The highest BCUT2D eigenvalue weighted by atomic mass is 32.1. The van der Waals surface area contributed by atoms with E-state index in [1.165, 1.54) is 28.4 Å². The number of carbonyl (C=O) groups excluding carboxylic acids is 2. The number of benzene rings is 3. The number of carbonyl (C=O) groups is 2. The van der Waals surface area contributed by atoms with E-state index in [0.29, 0.717) is 41.0 Å². The predicted molar refractivity (Wildman–Crippen MR) is 139 cm³/mol. The number of amides is 1. The molecule has 6 rings (SSSR count). The summed E-state index contributed by atoms with van der Waals surface area (Å²) in [5, 5.41) is 21.9. The van der Waals surface area contributed by atoms with E-state index >= 15 is 0 Å². The topological polar surface area (TPSA) is 109 Å². The molecule has 186 valence electrons. The molecule has 37 heavy (non-hydrogen) atoms. The van der Waals surface area contributed by atoms with Crippen LogP contribution in [-0.4, -0.2) is 40.1 Å². The molecule has 2 N–H and O–H groups in total. The third kappa shape index (κ3) is 3.79. The summed E-state index contributed by atoms with van der Waals surface area (Å²) in [5.41, 5.74) is 3.44. The van der Waals surface area contributed by atoms with E-state index < -0.39 is 17.7 Å². The van der Waals surface area contributed by atoms with E-state index in [-0.39, 0.29) is 17.1 Å². The number of ether oxygens (including phenoxy) is 2. The highest BCUT2D eigenvalue weighted by Gasteiger charge is 2.48. The summed E-state index contributed by atoms with van der Waals surface area (Å²) in [4.78, 5) is 32.9. The molecular formula is C28H22N2O6S. The maximum atomic E-state index is 13.5.